The van der Waals surface area contributed by atoms with Gasteiger partial charge in [0.15, 0.2) is 0 Å². The maximum Gasteiger partial charge on any atom is 0.239 e. The molecule has 0 heterocycles. The summed E-state index contributed by atoms with van der Waals surface area (Å²) in [5.41, 5.74) is 2.54. The van der Waals surface area contributed by atoms with Crippen LogP contribution >= 0.6 is 11.8 Å². The average molecular weight is 306 g/mol. The van der Waals surface area contributed by atoms with E-state index in [2.05, 4.69) is 42.7 Å². The summed E-state index contributed by atoms with van der Waals surface area (Å²) in [6.45, 7) is 4.26. The minimum Gasteiger partial charge on any atom is -0.352 e. The zero-order valence-electron chi connectivity index (χ0n) is 12.6. The summed E-state index contributed by atoms with van der Waals surface area (Å²) in [6, 6.07) is 6.66. The van der Waals surface area contributed by atoms with Crippen LogP contribution in [0, 0.1) is 13.8 Å². The first-order chi connectivity index (χ1) is 10.0. The highest BCUT2D eigenvalue weighted by Gasteiger charge is 2.23. The van der Waals surface area contributed by atoms with E-state index in [4.69, 9.17) is 0 Å². The molecule has 0 aromatic heterocycles. The molecule has 1 aliphatic carbocycles. The predicted molar refractivity (Wildman–Crippen MR) is 85.4 cm³/mol. The topological polar surface area (TPSA) is 58.2 Å². The van der Waals surface area contributed by atoms with Gasteiger partial charge in [-0.3, -0.25) is 9.59 Å². The standard InChI is InChI=1S/C16H22N2O2S/c1-11-3-6-14(9-12(11)2)21-8-7-15(19)17-10-16(20)18-13-4-5-13/h3,6,9,13H,4-5,7-8,10H2,1-2H3,(H,17,19)(H,18,20). The number of benzene rings is 1. The maximum atomic E-state index is 11.7. The highest BCUT2D eigenvalue weighted by Crippen LogP contribution is 2.21. The van der Waals surface area contributed by atoms with Crippen molar-refractivity contribution in [3.8, 4) is 0 Å². The van der Waals surface area contributed by atoms with Crippen molar-refractivity contribution in [2.45, 2.75) is 44.0 Å². The molecule has 2 rings (SSSR count). The number of nitrogens with one attached hydrogen (secondary N) is 2. The molecule has 1 aliphatic rings. The third kappa shape index (κ3) is 5.79. The zero-order chi connectivity index (χ0) is 15.2. The van der Waals surface area contributed by atoms with Crippen LogP contribution in [0.2, 0.25) is 0 Å². The second-order valence-electron chi connectivity index (χ2n) is 5.46. The smallest absolute Gasteiger partial charge is 0.239 e. The zero-order valence-corrected chi connectivity index (χ0v) is 13.4. The molecule has 1 aromatic rings. The predicted octanol–water partition coefficient (Wildman–Crippen LogP) is 2.18. The van der Waals surface area contributed by atoms with Crippen LogP contribution < -0.4 is 10.6 Å². The number of carbonyl (C=O) groups is 2. The van der Waals surface area contributed by atoms with Crippen LogP contribution in [-0.2, 0) is 9.59 Å². The van der Waals surface area contributed by atoms with E-state index in [1.54, 1.807) is 11.8 Å². The molecule has 0 bridgehead atoms. The lowest BCUT2D eigenvalue weighted by atomic mass is 10.1. The summed E-state index contributed by atoms with van der Waals surface area (Å²) in [4.78, 5) is 24.3. The SMILES string of the molecule is Cc1ccc(SCCC(=O)NCC(=O)NC2CC2)cc1C. The van der Waals surface area contributed by atoms with E-state index in [0.717, 1.165) is 18.6 Å². The molecule has 0 spiro atoms. The summed E-state index contributed by atoms with van der Waals surface area (Å²) in [7, 11) is 0. The van der Waals surface area contributed by atoms with E-state index in [9.17, 15) is 9.59 Å². The number of rotatable bonds is 7. The Balaban J connectivity index is 1.61. The molecule has 5 heteroatoms. The number of hydrogen-bond acceptors (Lipinski definition) is 3. The molecule has 2 amide bonds. The van der Waals surface area contributed by atoms with E-state index >= 15 is 0 Å². The summed E-state index contributed by atoms with van der Waals surface area (Å²) in [5, 5.41) is 5.50. The van der Waals surface area contributed by atoms with Crippen LogP contribution in [0.3, 0.4) is 0 Å². The Labute approximate surface area is 130 Å². The van der Waals surface area contributed by atoms with Crippen LogP contribution in [-0.4, -0.2) is 30.2 Å². The largest absolute Gasteiger partial charge is 0.352 e. The quantitative estimate of drug-likeness (QED) is 0.759. The van der Waals surface area contributed by atoms with Crippen molar-refractivity contribution < 1.29 is 9.59 Å². The van der Waals surface area contributed by atoms with Gasteiger partial charge in [-0.15, -0.1) is 11.8 Å². The molecule has 1 fully saturated rings. The number of thioether (sulfide) groups is 1. The van der Waals surface area contributed by atoms with Gasteiger partial charge in [0.1, 0.15) is 0 Å². The van der Waals surface area contributed by atoms with Gasteiger partial charge in [0.25, 0.3) is 0 Å². The van der Waals surface area contributed by atoms with Gasteiger partial charge in [-0.2, -0.15) is 0 Å². The summed E-state index contributed by atoms with van der Waals surface area (Å²) in [6.07, 6.45) is 2.55. The molecular weight excluding hydrogens is 284 g/mol. The van der Waals surface area contributed by atoms with Crippen molar-refractivity contribution in [3.05, 3.63) is 29.3 Å². The van der Waals surface area contributed by atoms with Crippen molar-refractivity contribution >= 4 is 23.6 Å². The average Bonchev–Trinajstić information content (AvgIpc) is 3.24. The van der Waals surface area contributed by atoms with E-state index in [0.29, 0.717) is 12.5 Å². The Hall–Kier alpha value is -1.49. The maximum absolute atomic E-state index is 11.7. The van der Waals surface area contributed by atoms with Crippen LogP contribution in [0.25, 0.3) is 0 Å². The Morgan fingerprint density at radius 3 is 2.62 bits per heavy atom. The van der Waals surface area contributed by atoms with Crippen molar-refractivity contribution in [1.82, 2.24) is 10.6 Å². The summed E-state index contributed by atoms with van der Waals surface area (Å²) >= 11 is 1.67. The third-order valence-electron chi connectivity index (χ3n) is 3.46. The fraction of sp³-hybridized carbons (Fsp3) is 0.500. The highest BCUT2D eigenvalue weighted by molar-refractivity contribution is 7.99. The van der Waals surface area contributed by atoms with Crippen molar-refractivity contribution in [3.63, 3.8) is 0 Å². The molecule has 21 heavy (non-hydrogen) atoms. The van der Waals surface area contributed by atoms with Crippen LogP contribution in [0.1, 0.15) is 30.4 Å². The Kier molecular flexibility index (Phi) is 5.67. The van der Waals surface area contributed by atoms with Gasteiger partial charge in [0.05, 0.1) is 6.54 Å². The molecule has 0 saturated heterocycles. The molecule has 0 unspecified atom stereocenters. The minimum atomic E-state index is -0.0901. The lowest BCUT2D eigenvalue weighted by Gasteiger charge is -2.07. The molecule has 0 atom stereocenters. The molecule has 2 N–H and O–H groups in total. The summed E-state index contributed by atoms with van der Waals surface area (Å²) in [5.74, 6) is 0.559. The van der Waals surface area contributed by atoms with Gasteiger partial charge in [0, 0.05) is 23.1 Å². The molecular formula is C16H22N2O2S. The first-order valence-corrected chi connectivity index (χ1v) is 8.29. The van der Waals surface area contributed by atoms with Gasteiger partial charge < -0.3 is 10.6 Å². The van der Waals surface area contributed by atoms with Gasteiger partial charge in [-0.25, -0.2) is 0 Å². The minimum absolute atomic E-state index is 0.0720. The fourth-order valence-electron chi connectivity index (χ4n) is 1.84. The van der Waals surface area contributed by atoms with E-state index in [1.165, 1.54) is 16.0 Å². The monoisotopic (exact) mass is 306 g/mol. The molecule has 1 saturated carbocycles. The molecule has 4 nitrogen and oxygen atoms in total. The number of hydrogen-bond donors (Lipinski definition) is 2. The fourth-order valence-corrected chi connectivity index (χ4v) is 2.79. The van der Waals surface area contributed by atoms with Crippen LogP contribution in [0.5, 0.6) is 0 Å². The second kappa shape index (κ2) is 7.50. The van der Waals surface area contributed by atoms with Crippen LogP contribution in [0.15, 0.2) is 23.1 Å². The van der Waals surface area contributed by atoms with E-state index in [1.807, 2.05) is 0 Å². The molecule has 0 aliphatic heterocycles. The first-order valence-electron chi connectivity index (χ1n) is 7.30. The first kappa shape index (κ1) is 15.9. The third-order valence-corrected chi connectivity index (χ3v) is 4.46. The summed E-state index contributed by atoms with van der Waals surface area (Å²) < 4.78 is 0. The Morgan fingerprint density at radius 2 is 1.95 bits per heavy atom. The van der Waals surface area contributed by atoms with Crippen molar-refractivity contribution in [2.75, 3.05) is 12.3 Å². The van der Waals surface area contributed by atoms with Gasteiger partial charge in [-0.1, -0.05) is 6.07 Å². The number of amides is 2. The highest BCUT2D eigenvalue weighted by atomic mass is 32.2. The van der Waals surface area contributed by atoms with Gasteiger partial charge in [0.2, 0.25) is 11.8 Å². The Morgan fingerprint density at radius 1 is 1.19 bits per heavy atom. The van der Waals surface area contributed by atoms with Gasteiger partial charge >= 0.3 is 0 Å². The Bertz CT molecular complexity index is 527. The van der Waals surface area contributed by atoms with Crippen molar-refractivity contribution in [2.24, 2.45) is 0 Å². The lowest BCUT2D eigenvalue weighted by molar-refractivity contribution is -0.125. The van der Waals surface area contributed by atoms with E-state index in [-0.39, 0.29) is 18.4 Å². The molecule has 1 aromatic carbocycles. The van der Waals surface area contributed by atoms with Crippen molar-refractivity contribution in [1.29, 1.82) is 0 Å². The normalized spacial score (nSPS) is 13.8. The number of aryl methyl sites for hydroxylation is 2. The molecule has 0 radical (unpaired) electrons. The van der Waals surface area contributed by atoms with Gasteiger partial charge in [-0.05, 0) is 49.9 Å². The second-order valence-corrected chi connectivity index (χ2v) is 6.63. The van der Waals surface area contributed by atoms with E-state index < -0.39 is 0 Å². The lowest BCUT2D eigenvalue weighted by Crippen LogP contribution is -2.37. The van der Waals surface area contributed by atoms with Crippen LogP contribution in [0.4, 0.5) is 0 Å². The number of carbonyl (C=O) groups excluding carboxylic acids is 2. The molecule has 114 valence electrons.